The molecule has 1 saturated heterocycles. The zero-order valence-corrected chi connectivity index (χ0v) is 21.9. The molecule has 4 fully saturated rings. The lowest BCUT2D eigenvalue weighted by Crippen LogP contribution is -2.49. The second kappa shape index (κ2) is 10.7. The van der Waals surface area contributed by atoms with E-state index in [0.29, 0.717) is 24.9 Å². The molecule has 1 amide bonds. The molecule has 0 unspecified atom stereocenters. The number of hydrogen-bond donors (Lipinski definition) is 0. The number of hydrogen-bond acceptors (Lipinski definition) is 6. The van der Waals surface area contributed by atoms with Crippen LogP contribution in [0.15, 0.2) is 54.6 Å². The first-order valence-electron chi connectivity index (χ1n) is 13.6. The molecule has 4 aliphatic rings. The van der Waals surface area contributed by atoms with Gasteiger partial charge in [-0.05, 0) is 74.8 Å². The molecule has 2 aromatic carbocycles. The lowest BCUT2D eigenvalue weighted by Gasteiger charge is -2.53. The van der Waals surface area contributed by atoms with Crippen LogP contribution in [0.1, 0.15) is 79.8 Å². The van der Waals surface area contributed by atoms with Gasteiger partial charge in [0.05, 0.1) is 0 Å². The molecule has 1 heterocycles. The van der Waals surface area contributed by atoms with Gasteiger partial charge >= 0.3 is 12.1 Å². The third-order valence-electron chi connectivity index (χ3n) is 9.05. The van der Waals surface area contributed by atoms with Crippen molar-refractivity contribution in [2.45, 2.75) is 76.4 Å². The van der Waals surface area contributed by atoms with Gasteiger partial charge in [-0.3, -0.25) is 14.5 Å². The Morgan fingerprint density at radius 2 is 1.53 bits per heavy atom. The number of Topliss-reactive ketones (excluding diaryl/α,β-unsaturated/α-hetero) is 2. The number of carbonyl (C=O) groups is 4. The van der Waals surface area contributed by atoms with Crippen LogP contribution in [0.5, 0.6) is 0 Å². The SMILES string of the molecule is CC(=O)c1ccc(C23CCC(C(=O)COC(=O)[C@@H]4CCCN4C(=O)OCc4ccccc4)(CC2)CC3)cc1. The van der Waals surface area contributed by atoms with Gasteiger partial charge in [0.1, 0.15) is 12.6 Å². The molecular formula is C31H35NO6. The van der Waals surface area contributed by atoms with Crippen molar-refractivity contribution in [3.63, 3.8) is 0 Å². The number of likely N-dealkylation sites (tertiary alicyclic amines) is 1. The van der Waals surface area contributed by atoms with Gasteiger partial charge in [0.2, 0.25) is 0 Å². The molecule has 6 rings (SSSR count). The van der Waals surface area contributed by atoms with Gasteiger partial charge in [-0.1, -0.05) is 54.6 Å². The van der Waals surface area contributed by atoms with E-state index in [1.54, 1.807) is 6.92 Å². The van der Waals surface area contributed by atoms with Crippen molar-refractivity contribution in [3.8, 4) is 0 Å². The molecule has 1 atom stereocenters. The molecular weight excluding hydrogens is 482 g/mol. The summed E-state index contributed by atoms with van der Waals surface area (Å²) in [6.07, 6.45) is 5.72. The van der Waals surface area contributed by atoms with E-state index in [1.165, 1.54) is 10.5 Å². The Kier molecular flexibility index (Phi) is 7.37. The monoisotopic (exact) mass is 517 g/mol. The van der Waals surface area contributed by atoms with Crippen molar-refractivity contribution in [1.29, 1.82) is 0 Å². The van der Waals surface area contributed by atoms with Gasteiger partial charge in [0, 0.05) is 17.5 Å². The van der Waals surface area contributed by atoms with Crippen LogP contribution in [-0.4, -0.2) is 47.7 Å². The second-order valence-electron chi connectivity index (χ2n) is 11.1. The number of carbonyl (C=O) groups excluding carboxylic acids is 4. The summed E-state index contributed by atoms with van der Waals surface area (Å²) >= 11 is 0. The van der Waals surface area contributed by atoms with Crippen molar-refractivity contribution in [1.82, 2.24) is 4.90 Å². The first kappa shape index (κ1) is 26.1. The molecule has 2 bridgehead atoms. The Bertz CT molecular complexity index is 1180. The van der Waals surface area contributed by atoms with E-state index in [4.69, 9.17) is 9.47 Å². The zero-order chi connectivity index (χ0) is 26.8. The van der Waals surface area contributed by atoms with Gasteiger partial charge in [-0.2, -0.15) is 0 Å². The molecule has 0 N–H and O–H groups in total. The average molecular weight is 518 g/mol. The van der Waals surface area contributed by atoms with Gasteiger partial charge in [-0.15, -0.1) is 0 Å². The van der Waals surface area contributed by atoms with Crippen molar-refractivity contribution in [3.05, 3.63) is 71.3 Å². The van der Waals surface area contributed by atoms with Gasteiger partial charge < -0.3 is 9.47 Å². The molecule has 0 spiro atoms. The number of fused-ring (bicyclic) bond motifs is 3. The molecule has 7 heteroatoms. The van der Waals surface area contributed by atoms with Gasteiger partial charge in [0.15, 0.2) is 18.2 Å². The summed E-state index contributed by atoms with van der Waals surface area (Å²) in [6, 6.07) is 16.6. The van der Waals surface area contributed by atoms with E-state index in [0.717, 1.165) is 44.1 Å². The Morgan fingerprint density at radius 1 is 0.868 bits per heavy atom. The minimum Gasteiger partial charge on any atom is -0.456 e. The summed E-state index contributed by atoms with van der Waals surface area (Å²) < 4.78 is 10.9. The summed E-state index contributed by atoms with van der Waals surface area (Å²) in [5.41, 5.74) is 2.45. The number of esters is 1. The molecule has 3 aliphatic carbocycles. The van der Waals surface area contributed by atoms with Crippen LogP contribution in [0.25, 0.3) is 0 Å². The third-order valence-corrected chi connectivity index (χ3v) is 9.05. The zero-order valence-electron chi connectivity index (χ0n) is 21.9. The quantitative estimate of drug-likeness (QED) is 0.344. The van der Waals surface area contributed by atoms with Crippen LogP contribution in [0.4, 0.5) is 4.79 Å². The van der Waals surface area contributed by atoms with Crippen molar-refractivity contribution in [2.75, 3.05) is 13.2 Å². The molecule has 3 saturated carbocycles. The second-order valence-corrected chi connectivity index (χ2v) is 11.1. The number of ketones is 2. The topological polar surface area (TPSA) is 90.0 Å². The Hall–Kier alpha value is -3.48. The first-order valence-corrected chi connectivity index (χ1v) is 13.6. The highest BCUT2D eigenvalue weighted by atomic mass is 16.6. The van der Waals surface area contributed by atoms with Crippen molar-refractivity contribution in [2.24, 2.45) is 5.41 Å². The molecule has 38 heavy (non-hydrogen) atoms. The molecule has 0 radical (unpaired) electrons. The number of rotatable bonds is 8. The lowest BCUT2D eigenvalue weighted by atomic mass is 9.51. The maximum atomic E-state index is 13.3. The summed E-state index contributed by atoms with van der Waals surface area (Å²) in [7, 11) is 0. The summed E-state index contributed by atoms with van der Waals surface area (Å²) in [5.74, 6) is -0.483. The van der Waals surface area contributed by atoms with E-state index in [-0.39, 0.29) is 30.2 Å². The summed E-state index contributed by atoms with van der Waals surface area (Å²) in [6.45, 7) is 1.90. The number of nitrogens with zero attached hydrogens (tertiary/aromatic N) is 1. The normalized spacial score (nSPS) is 26.1. The first-order chi connectivity index (χ1) is 18.3. The third kappa shape index (κ3) is 5.11. The highest BCUT2D eigenvalue weighted by Gasteiger charge is 2.52. The van der Waals surface area contributed by atoms with E-state index < -0.39 is 23.5 Å². The van der Waals surface area contributed by atoms with Crippen molar-refractivity contribution >= 4 is 23.6 Å². The number of benzene rings is 2. The predicted octanol–water partition coefficient (Wildman–Crippen LogP) is 5.39. The van der Waals surface area contributed by atoms with Crippen LogP contribution >= 0.6 is 0 Å². The van der Waals surface area contributed by atoms with E-state index in [2.05, 4.69) is 12.1 Å². The molecule has 1 aliphatic heterocycles. The minimum absolute atomic E-state index is 0.0118. The minimum atomic E-state index is -0.716. The van der Waals surface area contributed by atoms with Crippen LogP contribution in [0.2, 0.25) is 0 Å². The van der Waals surface area contributed by atoms with E-state index >= 15 is 0 Å². The highest BCUT2D eigenvalue weighted by molar-refractivity contribution is 5.94. The summed E-state index contributed by atoms with van der Waals surface area (Å²) in [4.78, 5) is 51.9. The van der Waals surface area contributed by atoms with E-state index in [1.807, 2.05) is 42.5 Å². The fraction of sp³-hybridized carbons (Fsp3) is 0.484. The fourth-order valence-corrected chi connectivity index (χ4v) is 6.51. The number of amides is 1. The molecule has 0 aromatic heterocycles. The maximum Gasteiger partial charge on any atom is 0.410 e. The van der Waals surface area contributed by atoms with Gasteiger partial charge in [-0.25, -0.2) is 9.59 Å². The average Bonchev–Trinajstić information content (AvgIpc) is 3.46. The van der Waals surface area contributed by atoms with Crippen molar-refractivity contribution < 1.29 is 28.7 Å². The largest absolute Gasteiger partial charge is 0.456 e. The summed E-state index contributed by atoms with van der Waals surface area (Å²) in [5, 5.41) is 0. The highest BCUT2D eigenvalue weighted by Crippen LogP contribution is 2.58. The van der Waals surface area contributed by atoms with Crippen LogP contribution in [0.3, 0.4) is 0 Å². The smallest absolute Gasteiger partial charge is 0.410 e. The molecule has 2 aromatic rings. The standard InChI is InChI=1S/C31H35NO6/c1-22(33)24-9-11-25(12-10-24)30-13-16-31(17-14-30,18-15-30)27(34)21-37-28(35)26-8-5-19-32(26)29(36)38-20-23-6-3-2-4-7-23/h2-4,6-7,9-12,26H,5,8,13-21H2,1H3/t26-,30?,31?/m0/s1. The Balaban J connectivity index is 1.13. The lowest BCUT2D eigenvalue weighted by molar-refractivity contribution is -0.156. The van der Waals surface area contributed by atoms with E-state index in [9.17, 15) is 19.2 Å². The van der Waals surface area contributed by atoms with Crippen LogP contribution < -0.4 is 0 Å². The van der Waals surface area contributed by atoms with Crippen LogP contribution in [-0.2, 0) is 31.1 Å². The van der Waals surface area contributed by atoms with Gasteiger partial charge in [0.25, 0.3) is 0 Å². The predicted molar refractivity (Wildman–Crippen MR) is 141 cm³/mol. The Morgan fingerprint density at radius 3 is 2.16 bits per heavy atom. The maximum absolute atomic E-state index is 13.3. The van der Waals surface area contributed by atoms with Crippen LogP contribution in [0, 0.1) is 5.41 Å². The molecule has 200 valence electrons. The fourth-order valence-electron chi connectivity index (χ4n) is 6.51. The molecule has 7 nitrogen and oxygen atoms in total. The Labute approximate surface area is 223 Å². The number of ether oxygens (including phenoxy) is 2.